The molecule has 0 fully saturated rings. The summed E-state index contributed by atoms with van der Waals surface area (Å²) in [5.74, 6) is 0. The predicted molar refractivity (Wildman–Crippen MR) is 97.7 cm³/mol. The van der Waals surface area contributed by atoms with E-state index in [1.807, 2.05) is 41.5 Å². The van der Waals surface area contributed by atoms with Gasteiger partial charge in [0.1, 0.15) is 0 Å². The summed E-state index contributed by atoms with van der Waals surface area (Å²) in [5.41, 5.74) is 0. The van der Waals surface area contributed by atoms with Gasteiger partial charge in [0.05, 0.1) is 6.07 Å². The lowest BCUT2D eigenvalue weighted by Crippen LogP contribution is -2.45. The molecule has 0 saturated heterocycles. The van der Waals surface area contributed by atoms with Gasteiger partial charge < -0.3 is 26.6 Å². The lowest BCUT2D eigenvalue weighted by atomic mass is 10.6. The minimum absolute atomic E-state index is 0.423. The van der Waals surface area contributed by atoms with Crippen LogP contribution in [0.5, 0.6) is 0 Å². The Kier molecular flexibility index (Phi) is 20.5. The van der Waals surface area contributed by atoms with Crippen molar-refractivity contribution in [3.8, 4) is 6.07 Å². The van der Waals surface area contributed by atoms with Gasteiger partial charge in [-0.25, -0.2) is 0 Å². The summed E-state index contributed by atoms with van der Waals surface area (Å²) in [7, 11) is -4.27. The fourth-order valence-electron chi connectivity index (χ4n) is 1.76. The molecule has 7 nitrogen and oxygen atoms in total. The van der Waals surface area contributed by atoms with Gasteiger partial charge in [-0.15, -0.1) is 0 Å². The van der Waals surface area contributed by atoms with Crippen molar-refractivity contribution < 1.29 is 26.6 Å². The molecule has 0 bridgehead atoms. The average Bonchev–Trinajstić information content (AvgIpc) is 2.55. The highest BCUT2D eigenvalue weighted by molar-refractivity contribution is 6.60. The Hall–Kier alpha value is -0.316. The van der Waals surface area contributed by atoms with Crippen LogP contribution in [0.1, 0.15) is 48.0 Å². The van der Waals surface area contributed by atoms with Crippen LogP contribution in [0.2, 0.25) is 6.04 Å². The molecule has 0 N–H and O–H groups in total. The second kappa shape index (κ2) is 19.0. The molecular weight excluding hydrogens is 346 g/mol. The van der Waals surface area contributed by atoms with Gasteiger partial charge in [0.25, 0.3) is 0 Å². The van der Waals surface area contributed by atoms with Crippen LogP contribution >= 0.6 is 0 Å². The maximum Gasteiger partial charge on any atom is 0.501 e. The molecule has 0 aliphatic carbocycles. The molecule has 0 spiro atoms. The van der Waals surface area contributed by atoms with Crippen LogP contribution in [0.3, 0.4) is 0 Å². The van der Waals surface area contributed by atoms with Crippen molar-refractivity contribution in [2.75, 3.05) is 39.6 Å². The van der Waals surface area contributed by atoms with Crippen molar-refractivity contribution in [2.24, 2.45) is 0 Å². The van der Waals surface area contributed by atoms with Gasteiger partial charge in [-0.2, -0.15) is 5.26 Å². The van der Waals surface area contributed by atoms with Gasteiger partial charge >= 0.3 is 18.3 Å². The minimum atomic E-state index is -2.54. The Morgan fingerprint density at radius 3 is 1.33 bits per heavy atom. The fraction of sp³-hybridized carbons (Fsp3) is 0.933. The first kappa shape index (κ1) is 25.9. The summed E-state index contributed by atoms with van der Waals surface area (Å²) in [6.07, 6.45) is 0.423. The van der Waals surface area contributed by atoms with Crippen LogP contribution in [0.4, 0.5) is 0 Å². The molecule has 9 heteroatoms. The van der Waals surface area contributed by atoms with Crippen molar-refractivity contribution in [3.63, 3.8) is 0 Å². The molecule has 144 valence electrons. The highest BCUT2D eigenvalue weighted by atomic mass is 28.4. The first-order chi connectivity index (χ1) is 11.6. The van der Waals surface area contributed by atoms with E-state index in [9.17, 15) is 0 Å². The first-order valence-corrected chi connectivity index (χ1v) is 12.1. The molecule has 0 aromatic carbocycles. The Morgan fingerprint density at radius 1 is 0.708 bits per heavy atom. The third-order valence-corrected chi connectivity index (χ3v) is 7.41. The molecule has 0 aliphatic rings. The maximum atomic E-state index is 8.54. The third kappa shape index (κ3) is 14.1. The second-order valence-electron chi connectivity index (χ2n) is 4.29. The standard InChI is InChI=1S/C9H19NO3Si.C6H16O3Si/c1-4-11-14(12-5-2,13-6-3)9-7-8-10;1-4-7-10(8-5-2)9-6-3/h4-7,9H2,1-3H3;10H,4-6H2,1-3H3. The quantitative estimate of drug-likeness (QED) is 0.428. The summed E-state index contributed by atoms with van der Waals surface area (Å²) in [6.45, 7) is 15.3. The molecule has 0 radical (unpaired) electrons. The van der Waals surface area contributed by atoms with E-state index in [0.29, 0.717) is 52.1 Å². The van der Waals surface area contributed by atoms with Crippen LogP contribution in [-0.2, 0) is 26.6 Å². The maximum absolute atomic E-state index is 8.54. The van der Waals surface area contributed by atoms with Crippen LogP contribution < -0.4 is 0 Å². The lowest BCUT2D eigenvalue weighted by molar-refractivity contribution is 0.0717. The molecule has 0 heterocycles. The van der Waals surface area contributed by atoms with E-state index >= 15 is 0 Å². The van der Waals surface area contributed by atoms with Gasteiger partial charge in [-0.1, -0.05) is 0 Å². The van der Waals surface area contributed by atoms with Crippen LogP contribution in [0.15, 0.2) is 0 Å². The molecule has 0 atom stereocenters. The van der Waals surface area contributed by atoms with E-state index in [0.717, 1.165) is 0 Å². The van der Waals surface area contributed by atoms with Crippen molar-refractivity contribution in [1.29, 1.82) is 5.26 Å². The SMILES string of the molecule is CCO[SiH](OCC)OCC.CCO[Si](CCC#N)(OCC)OCC. The Labute approximate surface area is 150 Å². The molecule has 0 aromatic rings. The van der Waals surface area contributed by atoms with Crippen molar-refractivity contribution in [2.45, 2.75) is 54.0 Å². The average molecular weight is 382 g/mol. The van der Waals surface area contributed by atoms with E-state index in [1.54, 1.807) is 0 Å². The van der Waals surface area contributed by atoms with E-state index in [2.05, 4.69) is 6.07 Å². The highest BCUT2D eigenvalue weighted by Crippen LogP contribution is 2.17. The monoisotopic (exact) mass is 381 g/mol. The van der Waals surface area contributed by atoms with Crippen molar-refractivity contribution in [1.82, 2.24) is 0 Å². The van der Waals surface area contributed by atoms with Gasteiger partial charge in [0.2, 0.25) is 0 Å². The van der Waals surface area contributed by atoms with Crippen LogP contribution in [0.25, 0.3) is 0 Å². The largest absolute Gasteiger partial charge is 0.501 e. The van der Waals surface area contributed by atoms with Gasteiger partial charge in [0.15, 0.2) is 0 Å². The Bertz CT molecular complexity index is 273. The van der Waals surface area contributed by atoms with Crippen LogP contribution in [-0.4, -0.2) is 58.0 Å². The molecule has 24 heavy (non-hydrogen) atoms. The Balaban J connectivity index is 0. The summed E-state index contributed by atoms with van der Waals surface area (Å²) in [4.78, 5) is 0. The number of hydrogen-bond acceptors (Lipinski definition) is 7. The lowest BCUT2D eigenvalue weighted by Gasteiger charge is -2.27. The number of rotatable bonds is 14. The molecule has 0 saturated carbocycles. The fourth-order valence-corrected chi connectivity index (χ4v) is 5.29. The minimum Gasteiger partial charge on any atom is -0.376 e. The molecule has 0 aliphatic heterocycles. The van der Waals surface area contributed by atoms with Crippen molar-refractivity contribution >= 4 is 18.3 Å². The Morgan fingerprint density at radius 2 is 1.08 bits per heavy atom. The first-order valence-electron chi connectivity index (χ1n) is 8.72. The summed E-state index contributed by atoms with van der Waals surface area (Å²) < 4.78 is 32.3. The molecular formula is C15H35NO6Si2. The van der Waals surface area contributed by atoms with Gasteiger partial charge in [-0.3, -0.25) is 0 Å². The summed E-state index contributed by atoms with van der Waals surface area (Å²) >= 11 is 0. The van der Waals surface area contributed by atoms with Crippen LogP contribution in [0, 0.1) is 11.3 Å². The van der Waals surface area contributed by atoms with E-state index in [-0.39, 0.29) is 0 Å². The zero-order valence-corrected chi connectivity index (χ0v) is 18.3. The molecule has 0 unspecified atom stereocenters. The topological polar surface area (TPSA) is 79.2 Å². The molecule has 0 amide bonds. The normalized spacial score (nSPS) is 11.1. The van der Waals surface area contributed by atoms with E-state index in [1.165, 1.54) is 0 Å². The molecule has 0 rings (SSSR count). The second-order valence-corrected chi connectivity index (χ2v) is 8.60. The number of hydrogen-bond donors (Lipinski definition) is 0. The molecule has 0 aromatic heterocycles. The zero-order valence-electron chi connectivity index (χ0n) is 16.1. The number of nitrogens with zero attached hydrogens (tertiary/aromatic N) is 1. The highest BCUT2D eigenvalue weighted by Gasteiger charge is 2.39. The summed E-state index contributed by atoms with van der Waals surface area (Å²) in [6, 6.07) is 2.68. The predicted octanol–water partition coefficient (Wildman–Crippen LogP) is 2.76. The smallest absolute Gasteiger partial charge is 0.376 e. The third-order valence-electron chi connectivity index (χ3n) is 2.54. The van der Waals surface area contributed by atoms with Gasteiger partial charge in [-0.05, 0) is 41.5 Å². The van der Waals surface area contributed by atoms with E-state index < -0.39 is 18.3 Å². The zero-order chi connectivity index (χ0) is 18.7. The summed E-state index contributed by atoms with van der Waals surface area (Å²) in [5, 5.41) is 8.54. The van der Waals surface area contributed by atoms with Gasteiger partial charge in [0, 0.05) is 52.1 Å². The van der Waals surface area contributed by atoms with Crippen molar-refractivity contribution in [3.05, 3.63) is 0 Å². The number of nitriles is 1. The van der Waals surface area contributed by atoms with E-state index in [4.69, 9.17) is 31.8 Å².